The number of hydrogen-bond donors (Lipinski definition) is 0. The standard InChI is InChI=1S/C21H24F8O5.C19H23F5O5/c1-10(2)16(30)34-18-7-11-5-12(8-18)14(13(6-11)9-18)32-3-4-33-17(31)15(20(24,25)26)19(22,23)21(27,28)29;1-10(2)15(25)29-17-7-11-5-12(8-17)14(13(6-11)9-17)27-3-4-28-16(26)18(20,21)19(22,23)24/h11-15H,1,3-9H2,2H3;11-14H,1,3-9H2,2H3. The fourth-order valence-corrected chi connectivity index (χ4v) is 10.8. The maximum absolute atomic E-state index is 13.3. The molecule has 63 heavy (non-hydrogen) atoms. The Morgan fingerprint density at radius 2 is 0.921 bits per heavy atom. The van der Waals surface area contributed by atoms with Crippen molar-refractivity contribution in [2.45, 2.75) is 132 Å². The third-order valence-corrected chi connectivity index (χ3v) is 12.8. The SMILES string of the molecule is C=C(C)C(=O)OC12CC3CC(C1)C(OCCOC(=O)C(C(F)(F)F)C(F)(F)C(F)(F)F)C(C3)C2.C=C(C)C(=O)OC12CC3CC(C1)C(OCCOC(=O)C(F)(F)C(F)(F)F)C(C3)C2. The minimum Gasteiger partial charge on any atom is -0.463 e. The minimum absolute atomic E-state index is 0.0441. The summed E-state index contributed by atoms with van der Waals surface area (Å²) in [6.45, 7) is 7.91. The lowest BCUT2D eigenvalue weighted by molar-refractivity contribution is -0.340. The van der Waals surface area contributed by atoms with E-state index in [1.54, 1.807) is 6.92 Å². The molecule has 8 rings (SSSR count). The summed E-state index contributed by atoms with van der Waals surface area (Å²) >= 11 is 0. The average molecular weight is 935 g/mol. The van der Waals surface area contributed by atoms with Crippen LogP contribution in [0, 0.1) is 41.4 Å². The van der Waals surface area contributed by atoms with Gasteiger partial charge in [-0.2, -0.15) is 57.1 Å². The summed E-state index contributed by atoms with van der Waals surface area (Å²) in [5, 5.41) is 0. The Labute approximate surface area is 352 Å². The zero-order valence-corrected chi connectivity index (χ0v) is 34.0. The number of ether oxygens (including phenoxy) is 6. The van der Waals surface area contributed by atoms with Crippen LogP contribution in [0.4, 0.5) is 57.1 Å². The van der Waals surface area contributed by atoms with E-state index in [0.29, 0.717) is 49.5 Å². The number of alkyl halides is 13. The Morgan fingerprint density at radius 1 is 0.556 bits per heavy atom. The Bertz CT molecular complexity index is 1730. The van der Waals surface area contributed by atoms with E-state index in [0.717, 1.165) is 32.1 Å². The Balaban J connectivity index is 0.000000240. The summed E-state index contributed by atoms with van der Waals surface area (Å²) in [4.78, 5) is 46.6. The molecule has 0 aromatic carbocycles. The Kier molecular flexibility index (Phi) is 14.4. The molecule has 358 valence electrons. The van der Waals surface area contributed by atoms with E-state index in [4.69, 9.17) is 18.9 Å². The summed E-state index contributed by atoms with van der Waals surface area (Å²) in [7, 11) is 0. The van der Waals surface area contributed by atoms with E-state index in [2.05, 4.69) is 22.6 Å². The second kappa shape index (κ2) is 18.0. The maximum atomic E-state index is 13.3. The molecule has 0 N–H and O–H groups in total. The molecular formula is C40H47F13O10. The minimum atomic E-state index is -6.59. The summed E-state index contributed by atoms with van der Waals surface area (Å²) < 4.78 is 195. The van der Waals surface area contributed by atoms with Gasteiger partial charge in [0.15, 0.2) is 0 Å². The van der Waals surface area contributed by atoms with E-state index >= 15 is 0 Å². The van der Waals surface area contributed by atoms with Crippen LogP contribution in [0.25, 0.3) is 0 Å². The van der Waals surface area contributed by atoms with Crippen LogP contribution in [0.3, 0.4) is 0 Å². The molecule has 8 fully saturated rings. The lowest BCUT2D eigenvalue weighted by atomic mass is 9.53. The molecule has 0 amide bonds. The molecule has 8 aliphatic rings. The van der Waals surface area contributed by atoms with Crippen LogP contribution in [-0.4, -0.2) is 104 Å². The highest BCUT2D eigenvalue weighted by atomic mass is 19.4. The lowest BCUT2D eigenvalue weighted by Gasteiger charge is -2.58. The molecule has 8 saturated carbocycles. The summed E-state index contributed by atoms with van der Waals surface area (Å²) in [5.41, 5.74) is -0.611. The van der Waals surface area contributed by atoms with Crippen molar-refractivity contribution in [1.29, 1.82) is 0 Å². The fourth-order valence-electron chi connectivity index (χ4n) is 10.8. The number of halogens is 13. The van der Waals surface area contributed by atoms with Gasteiger partial charge in [-0.15, -0.1) is 0 Å². The summed E-state index contributed by atoms with van der Waals surface area (Å²) in [6.07, 6.45) is -12.4. The molecule has 23 heteroatoms. The van der Waals surface area contributed by atoms with E-state index in [1.807, 2.05) is 0 Å². The van der Waals surface area contributed by atoms with E-state index in [-0.39, 0.29) is 48.1 Å². The van der Waals surface area contributed by atoms with Gasteiger partial charge in [-0.25, -0.2) is 14.4 Å². The van der Waals surface area contributed by atoms with Crippen molar-refractivity contribution in [3.8, 4) is 0 Å². The smallest absolute Gasteiger partial charge is 0.463 e. The highest BCUT2D eigenvalue weighted by molar-refractivity contribution is 5.87. The van der Waals surface area contributed by atoms with Gasteiger partial charge < -0.3 is 28.4 Å². The molecule has 0 aliphatic heterocycles. The zero-order valence-electron chi connectivity index (χ0n) is 34.0. The fraction of sp³-hybridized carbons (Fsp3) is 0.800. The van der Waals surface area contributed by atoms with Crippen LogP contribution in [-0.2, 0) is 47.6 Å². The van der Waals surface area contributed by atoms with Crippen LogP contribution in [0.1, 0.15) is 78.1 Å². The lowest BCUT2D eigenvalue weighted by Crippen LogP contribution is -2.59. The molecule has 8 bridgehead atoms. The van der Waals surface area contributed by atoms with E-state index in [9.17, 15) is 76.3 Å². The second-order valence-electron chi connectivity index (χ2n) is 17.8. The molecule has 8 aliphatic carbocycles. The predicted octanol–water partition coefficient (Wildman–Crippen LogP) is 8.80. The topological polar surface area (TPSA) is 124 Å². The molecule has 0 saturated heterocycles. The number of rotatable bonds is 15. The zero-order chi connectivity index (χ0) is 47.3. The third-order valence-electron chi connectivity index (χ3n) is 12.8. The number of carbonyl (C=O) groups excluding carboxylic acids is 4. The van der Waals surface area contributed by atoms with Crippen molar-refractivity contribution in [2.75, 3.05) is 26.4 Å². The predicted molar refractivity (Wildman–Crippen MR) is 187 cm³/mol. The number of esters is 4. The maximum Gasteiger partial charge on any atom is 0.465 e. The van der Waals surface area contributed by atoms with Gasteiger partial charge >= 0.3 is 54.3 Å². The van der Waals surface area contributed by atoms with Crippen LogP contribution in [0.15, 0.2) is 24.3 Å². The highest BCUT2D eigenvalue weighted by Crippen LogP contribution is 2.59. The van der Waals surface area contributed by atoms with E-state index in [1.165, 1.54) is 6.92 Å². The quantitative estimate of drug-likeness (QED) is 0.0518. The van der Waals surface area contributed by atoms with Gasteiger partial charge in [-0.1, -0.05) is 13.2 Å². The van der Waals surface area contributed by atoms with Gasteiger partial charge in [-0.3, -0.25) is 4.79 Å². The van der Waals surface area contributed by atoms with Crippen LogP contribution < -0.4 is 0 Å². The van der Waals surface area contributed by atoms with Crippen molar-refractivity contribution >= 4 is 23.9 Å². The van der Waals surface area contributed by atoms with Crippen molar-refractivity contribution in [1.82, 2.24) is 0 Å². The normalized spacial score (nSPS) is 32.6. The number of hydrogen-bond acceptors (Lipinski definition) is 10. The van der Waals surface area contributed by atoms with Gasteiger partial charge in [0.1, 0.15) is 24.4 Å². The van der Waals surface area contributed by atoms with Gasteiger partial charge in [0.05, 0.1) is 25.4 Å². The first-order chi connectivity index (χ1) is 28.8. The first-order valence-electron chi connectivity index (χ1n) is 20.1. The van der Waals surface area contributed by atoms with Crippen molar-refractivity contribution in [3.05, 3.63) is 24.3 Å². The van der Waals surface area contributed by atoms with Gasteiger partial charge in [-0.05, 0) is 114 Å². The Morgan fingerprint density at radius 3 is 1.24 bits per heavy atom. The van der Waals surface area contributed by atoms with Gasteiger partial charge in [0.25, 0.3) is 0 Å². The number of carbonyl (C=O) groups is 4. The molecule has 0 radical (unpaired) electrons. The Hall–Kier alpha value is -3.63. The highest BCUT2D eigenvalue weighted by Gasteiger charge is 2.73. The van der Waals surface area contributed by atoms with Crippen molar-refractivity contribution in [3.63, 3.8) is 0 Å². The molecule has 0 aromatic rings. The molecule has 10 nitrogen and oxygen atoms in total. The van der Waals surface area contributed by atoms with Crippen LogP contribution >= 0.6 is 0 Å². The first-order valence-corrected chi connectivity index (χ1v) is 20.1. The first kappa shape index (κ1) is 50.4. The molecule has 0 spiro atoms. The van der Waals surface area contributed by atoms with Crippen LogP contribution in [0.2, 0.25) is 0 Å². The van der Waals surface area contributed by atoms with E-state index < -0.39 is 91.2 Å². The average Bonchev–Trinajstić information content (AvgIpc) is 3.11. The molecule has 0 heterocycles. The summed E-state index contributed by atoms with van der Waals surface area (Å²) in [6, 6.07) is 0. The largest absolute Gasteiger partial charge is 0.465 e. The van der Waals surface area contributed by atoms with Crippen molar-refractivity contribution < 1.29 is 105 Å². The summed E-state index contributed by atoms with van der Waals surface area (Å²) in [5.74, 6) is -22.1. The molecule has 5 unspecified atom stereocenters. The molecular weight excluding hydrogens is 887 g/mol. The van der Waals surface area contributed by atoms with Gasteiger partial charge in [0, 0.05) is 11.1 Å². The second-order valence-corrected chi connectivity index (χ2v) is 17.8. The monoisotopic (exact) mass is 934 g/mol. The third kappa shape index (κ3) is 10.9. The molecule has 0 aromatic heterocycles. The van der Waals surface area contributed by atoms with Crippen molar-refractivity contribution in [2.24, 2.45) is 41.4 Å². The van der Waals surface area contributed by atoms with Gasteiger partial charge in [0.2, 0.25) is 5.92 Å². The molecule has 5 atom stereocenters. The van der Waals surface area contributed by atoms with Crippen LogP contribution in [0.5, 0.6) is 0 Å².